The summed E-state index contributed by atoms with van der Waals surface area (Å²) in [7, 11) is 1.60. The Morgan fingerprint density at radius 3 is 2.25 bits per heavy atom. The van der Waals surface area contributed by atoms with Crippen LogP contribution in [0.25, 0.3) is 0 Å². The van der Waals surface area contributed by atoms with Crippen LogP contribution in [-0.2, 0) is 4.74 Å². The van der Waals surface area contributed by atoms with E-state index in [4.69, 9.17) is 4.74 Å². The van der Waals surface area contributed by atoms with E-state index >= 15 is 0 Å². The van der Waals surface area contributed by atoms with Crippen LogP contribution in [0.4, 0.5) is 0 Å². The fraction of sp³-hybridized carbons (Fsp3) is 0.400. The Hall–Kier alpha value is -0.860. The van der Waals surface area contributed by atoms with Crippen LogP contribution in [0.3, 0.4) is 0 Å². The summed E-state index contributed by atoms with van der Waals surface area (Å²) in [6.07, 6.45) is -0.691. The molecule has 0 bridgehead atoms. The van der Waals surface area contributed by atoms with Crippen LogP contribution in [0.5, 0.6) is 0 Å². The van der Waals surface area contributed by atoms with E-state index in [0.29, 0.717) is 0 Å². The van der Waals surface area contributed by atoms with Crippen molar-refractivity contribution in [2.45, 2.75) is 19.1 Å². The monoisotopic (exact) mass is 166 g/mol. The number of aliphatic hydroxyl groups excluding tert-OH is 1. The smallest absolute Gasteiger partial charge is 0.108 e. The molecule has 0 heterocycles. The highest BCUT2D eigenvalue weighted by molar-refractivity contribution is 5.18. The van der Waals surface area contributed by atoms with E-state index in [1.165, 1.54) is 0 Å². The Bertz CT molecular complexity index is 219. The summed E-state index contributed by atoms with van der Waals surface area (Å²) >= 11 is 0. The van der Waals surface area contributed by atoms with Crippen molar-refractivity contribution in [1.82, 2.24) is 0 Å². The number of aliphatic hydroxyl groups is 1. The van der Waals surface area contributed by atoms with Gasteiger partial charge in [0.1, 0.15) is 6.10 Å². The van der Waals surface area contributed by atoms with Gasteiger partial charge in [0.15, 0.2) is 0 Å². The zero-order valence-corrected chi connectivity index (χ0v) is 7.40. The molecule has 0 fully saturated rings. The number of hydrogen-bond donors (Lipinski definition) is 1. The Morgan fingerprint density at radius 1 is 1.25 bits per heavy atom. The summed E-state index contributed by atoms with van der Waals surface area (Å²) in [6, 6.07) is 9.70. The minimum absolute atomic E-state index is 0.216. The summed E-state index contributed by atoms with van der Waals surface area (Å²) in [5.74, 6) is 0. The average molecular weight is 166 g/mol. The van der Waals surface area contributed by atoms with Crippen molar-refractivity contribution in [3.05, 3.63) is 35.9 Å². The van der Waals surface area contributed by atoms with E-state index in [2.05, 4.69) is 0 Å². The van der Waals surface area contributed by atoms with Gasteiger partial charge in [0.05, 0.1) is 6.10 Å². The topological polar surface area (TPSA) is 29.5 Å². The zero-order chi connectivity index (χ0) is 8.97. The molecular weight excluding hydrogens is 152 g/mol. The van der Waals surface area contributed by atoms with Crippen molar-refractivity contribution in [2.24, 2.45) is 0 Å². The molecule has 12 heavy (non-hydrogen) atoms. The van der Waals surface area contributed by atoms with E-state index in [9.17, 15) is 5.11 Å². The summed E-state index contributed by atoms with van der Waals surface area (Å²) in [6.45, 7) is 1.72. The molecular formula is C10H14O2. The SMILES string of the molecule is CO[C@@H](c1ccccc1)[C@@H](C)O. The van der Waals surface area contributed by atoms with Crippen LogP contribution in [0.2, 0.25) is 0 Å². The maximum absolute atomic E-state index is 9.34. The van der Waals surface area contributed by atoms with Gasteiger partial charge < -0.3 is 9.84 Å². The van der Waals surface area contributed by atoms with Crippen molar-refractivity contribution in [1.29, 1.82) is 0 Å². The van der Waals surface area contributed by atoms with E-state index in [-0.39, 0.29) is 6.10 Å². The maximum atomic E-state index is 9.34. The molecule has 2 nitrogen and oxygen atoms in total. The van der Waals surface area contributed by atoms with Crippen LogP contribution >= 0.6 is 0 Å². The summed E-state index contributed by atoms with van der Waals surface area (Å²) in [5.41, 5.74) is 1.01. The lowest BCUT2D eigenvalue weighted by atomic mass is 10.1. The van der Waals surface area contributed by atoms with Gasteiger partial charge in [-0.25, -0.2) is 0 Å². The highest BCUT2D eigenvalue weighted by Gasteiger charge is 2.15. The molecule has 0 saturated heterocycles. The highest BCUT2D eigenvalue weighted by atomic mass is 16.5. The number of benzene rings is 1. The lowest BCUT2D eigenvalue weighted by Gasteiger charge is -2.18. The Labute approximate surface area is 72.8 Å². The predicted molar refractivity (Wildman–Crippen MR) is 47.9 cm³/mol. The van der Waals surface area contributed by atoms with Gasteiger partial charge in [-0.05, 0) is 12.5 Å². The highest BCUT2D eigenvalue weighted by Crippen LogP contribution is 2.19. The van der Waals surface area contributed by atoms with Gasteiger partial charge in [-0.1, -0.05) is 30.3 Å². The second kappa shape index (κ2) is 4.24. The molecule has 0 saturated carbocycles. The van der Waals surface area contributed by atoms with Gasteiger partial charge in [0.25, 0.3) is 0 Å². The normalized spacial score (nSPS) is 15.6. The summed E-state index contributed by atoms with van der Waals surface area (Å²) in [5, 5.41) is 9.34. The van der Waals surface area contributed by atoms with Gasteiger partial charge in [0.2, 0.25) is 0 Å². The number of hydrogen-bond acceptors (Lipinski definition) is 2. The van der Waals surface area contributed by atoms with Crippen molar-refractivity contribution in [3.8, 4) is 0 Å². The molecule has 0 aliphatic carbocycles. The lowest BCUT2D eigenvalue weighted by molar-refractivity contribution is -0.00347. The molecule has 2 heteroatoms. The second-order valence-corrected chi connectivity index (χ2v) is 2.81. The van der Waals surface area contributed by atoms with Gasteiger partial charge in [-0.3, -0.25) is 0 Å². The third-order valence-electron chi connectivity index (χ3n) is 1.82. The van der Waals surface area contributed by atoms with E-state index in [1.807, 2.05) is 30.3 Å². The second-order valence-electron chi connectivity index (χ2n) is 2.81. The molecule has 1 N–H and O–H groups in total. The molecule has 2 atom stereocenters. The molecule has 1 aromatic carbocycles. The number of rotatable bonds is 3. The fourth-order valence-corrected chi connectivity index (χ4v) is 1.25. The van der Waals surface area contributed by atoms with Crippen LogP contribution < -0.4 is 0 Å². The largest absolute Gasteiger partial charge is 0.390 e. The van der Waals surface area contributed by atoms with E-state index < -0.39 is 6.10 Å². The first-order valence-corrected chi connectivity index (χ1v) is 4.01. The standard InChI is InChI=1S/C10H14O2/c1-8(11)10(12-2)9-6-4-3-5-7-9/h3-8,10-11H,1-2H3/t8-,10-/m1/s1. The molecule has 0 unspecified atom stereocenters. The Morgan fingerprint density at radius 2 is 1.83 bits per heavy atom. The van der Waals surface area contributed by atoms with Gasteiger partial charge >= 0.3 is 0 Å². The first kappa shape index (κ1) is 9.23. The van der Waals surface area contributed by atoms with Crippen molar-refractivity contribution < 1.29 is 9.84 Å². The zero-order valence-electron chi connectivity index (χ0n) is 7.40. The molecule has 0 radical (unpaired) electrons. The molecule has 0 spiro atoms. The molecule has 1 rings (SSSR count). The van der Waals surface area contributed by atoms with Crippen molar-refractivity contribution >= 4 is 0 Å². The third-order valence-corrected chi connectivity index (χ3v) is 1.82. The average Bonchev–Trinajstić information content (AvgIpc) is 2.07. The number of methoxy groups -OCH3 is 1. The van der Waals surface area contributed by atoms with Gasteiger partial charge in [0, 0.05) is 7.11 Å². The predicted octanol–water partition coefficient (Wildman–Crippen LogP) is 1.75. The summed E-state index contributed by atoms with van der Waals surface area (Å²) < 4.78 is 5.15. The molecule has 0 aromatic heterocycles. The van der Waals surface area contributed by atoms with E-state index in [0.717, 1.165) is 5.56 Å². The van der Waals surface area contributed by atoms with Crippen molar-refractivity contribution in [2.75, 3.05) is 7.11 Å². The van der Waals surface area contributed by atoms with Gasteiger partial charge in [-0.15, -0.1) is 0 Å². The minimum atomic E-state index is -0.475. The minimum Gasteiger partial charge on any atom is -0.390 e. The van der Waals surface area contributed by atoms with Crippen LogP contribution in [0, 0.1) is 0 Å². The van der Waals surface area contributed by atoms with Crippen molar-refractivity contribution in [3.63, 3.8) is 0 Å². The molecule has 0 amide bonds. The molecule has 1 aromatic rings. The molecule has 66 valence electrons. The Kier molecular flexibility index (Phi) is 3.26. The van der Waals surface area contributed by atoms with Crippen LogP contribution in [-0.4, -0.2) is 18.3 Å². The molecule has 0 aliphatic rings. The first-order chi connectivity index (χ1) is 5.75. The molecule has 0 aliphatic heterocycles. The Balaban J connectivity index is 2.80. The quantitative estimate of drug-likeness (QED) is 0.741. The van der Waals surface area contributed by atoms with Crippen LogP contribution in [0.1, 0.15) is 18.6 Å². The van der Waals surface area contributed by atoms with Gasteiger partial charge in [-0.2, -0.15) is 0 Å². The lowest BCUT2D eigenvalue weighted by Crippen LogP contribution is -2.16. The maximum Gasteiger partial charge on any atom is 0.108 e. The van der Waals surface area contributed by atoms with Crippen LogP contribution in [0.15, 0.2) is 30.3 Å². The first-order valence-electron chi connectivity index (χ1n) is 4.01. The summed E-state index contributed by atoms with van der Waals surface area (Å²) in [4.78, 5) is 0. The van der Waals surface area contributed by atoms with E-state index in [1.54, 1.807) is 14.0 Å². The number of ether oxygens (including phenoxy) is 1. The third kappa shape index (κ3) is 2.06. The fourth-order valence-electron chi connectivity index (χ4n) is 1.25.